The van der Waals surface area contributed by atoms with Gasteiger partial charge in [-0.05, 0) is 38.8 Å². The van der Waals surface area contributed by atoms with Gasteiger partial charge in [-0.2, -0.15) is 0 Å². The Morgan fingerprint density at radius 2 is 2.00 bits per heavy atom. The Hall–Kier alpha value is -1.51. The van der Waals surface area contributed by atoms with E-state index in [2.05, 4.69) is 6.07 Å². The van der Waals surface area contributed by atoms with Crippen LogP contribution in [-0.4, -0.2) is 23.7 Å². The molecule has 0 aliphatic carbocycles. The lowest BCUT2D eigenvalue weighted by atomic mass is 10.1. The SMILES string of the molecule is CC[C@@H](C(=O)O)N(CC)c1ccc(C)cc1C. The highest BCUT2D eigenvalue weighted by molar-refractivity contribution is 5.78. The second-order valence-electron chi connectivity index (χ2n) is 4.34. The van der Waals surface area contributed by atoms with E-state index >= 15 is 0 Å². The van der Waals surface area contributed by atoms with Gasteiger partial charge in [-0.15, -0.1) is 0 Å². The van der Waals surface area contributed by atoms with Crippen molar-refractivity contribution in [3.8, 4) is 0 Å². The van der Waals surface area contributed by atoms with Gasteiger partial charge in [0.25, 0.3) is 0 Å². The number of rotatable bonds is 5. The first-order valence-electron chi connectivity index (χ1n) is 6.07. The van der Waals surface area contributed by atoms with Crippen LogP contribution in [0.4, 0.5) is 5.69 Å². The van der Waals surface area contributed by atoms with Gasteiger partial charge in [0, 0.05) is 12.2 Å². The lowest BCUT2D eigenvalue weighted by molar-refractivity contribution is -0.138. The molecular formula is C14H21NO2. The molecule has 0 spiro atoms. The topological polar surface area (TPSA) is 40.5 Å². The molecule has 94 valence electrons. The summed E-state index contributed by atoms with van der Waals surface area (Å²) < 4.78 is 0. The fourth-order valence-corrected chi connectivity index (χ4v) is 2.21. The molecule has 0 saturated carbocycles. The summed E-state index contributed by atoms with van der Waals surface area (Å²) in [4.78, 5) is 13.2. The van der Waals surface area contributed by atoms with E-state index in [0.29, 0.717) is 13.0 Å². The van der Waals surface area contributed by atoms with Crippen LogP contribution in [0.2, 0.25) is 0 Å². The van der Waals surface area contributed by atoms with Crippen LogP contribution in [0.25, 0.3) is 0 Å². The van der Waals surface area contributed by atoms with Crippen LogP contribution in [0, 0.1) is 13.8 Å². The number of carbonyl (C=O) groups is 1. The van der Waals surface area contributed by atoms with Gasteiger partial charge in [0.2, 0.25) is 0 Å². The Morgan fingerprint density at radius 1 is 1.35 bits per heavy atom. The highest BCUT2D eigenvalue weighted by Crippen LogP contribution is 2.24. The second kappa shape index (κ2) is 5.71. The minimum Gasteiger partial charge on any atom is -0.480 e. The monoisotopic (exact) mass is 235 g/mol. The predicted molar refractivity (Wildman–Crippen MR) is 70.7 cm³/mol. The van der Waals surface area contributed by atoms with Crippen LogP contribution in [-0.2, 0) is 4.79 Å². The number of likely N-dealkylation sites (N-methyl/N-ethyl adjacent to an activating group) is 1. The summed E-state index contributed by atoms with van der Waals surface area (Å²) >= 11 is 0. The Labute approximate surface area is 103 Å². The van der Waals surface area contributed by atoms with Crippen molar-refractivity contribution in [3.05, 3.63) is 29.3 Å². The van der Waals surface area contributed by atoms with Crippen LogP contribution in [0.5, 0.6) is 0 Å². The van der Waals surface area contributed by atoms with E-state index in [1.54, 1.807) is 0 Å². The van der Waals surface area contributed by atoms with Crippen molar-refractivity contribution in [1.29, 1.82) is 0 Å². The molecule has 0 saturated heterocycles. The number of aliphatic carboxylic acids is 1. The molecule has 1 aromatic rings. The molecule has 0 unspecified atom stereocenters. The van der Waals surface area contributed by atoms with Crippen molar-refractivity contribution in [2.24, 2.45) is 0 Å². The third kappa shape index (κ3) is 2.99. The van der Waals surface area contributed by atoms with Crippen molar-refractivity contribution in [3.63, 3.8) is 0 Å². The van der Waals surface area contributed by atoms with Crippen molar-refractivity contribution in [1.82, 2.24) is 0 Å². The lowest BCUT2D eigenvalue weighted by Crippen LogP contribution is -2.41. The number of carboxylic acids is 1. The minimum absolute atomic E-state index is 0.443. The Balaban J connectivity index is 3.12. The molecule has 0 heterocycles. The smallest absolute Gasteiger partial charge is 0.326 e. The molecule has 1 atom stereocenters. The fraction of sp³-hybridized carbons (Fsp3) is 0.500. The van der Waals surface area contributed by atoms with Crippen LogP contribution in [0.1, 0.15) is 31.4 Å². The third-order valence-electron chi connectivity index (χ3n) is 3.05. The molecule has 0 bridgehead atoms. The lowest BCUT2D eigenvalue weighted by Gasteiger charge is -2.30. The number of aryl methyl sites for hydroxylation is 2. The van der Waals surface area contributed by atoms with Crippen molar-refractivity contribution < 1.29 is 9.90 Å². The van der Waals surface area contributed by atoms with Gasteiger partial charge < -0.3 is 10.0 Å². The first-order valence-corrected chi connectivity index (χ1v) is 6.07. The van der Waals surface area contributed by atoms with Gasteiger partial charge in [-0.1, -0.05) is 24.6 Å². The highest BCUT2D eigenvalue weighted by atomic mass is 16.4. The van der Waals surface area contributed by atoms with Crippen LogP contribution >= 0.6 is 0 Å². The van der Waals surface area contributed by atoms with Crippen molar-refractivity contribution >= 4 is 11.7 Å². The molecule has 0 aliphatic heterocycles. The average Bonchev–Trinajstić information content (AvgIpc) is 2.26. The van der Waals surface area contributed by atoms with Crippen LogP contribution in [0.3, 0.4) is 0 Å². The predicted octanol–water partition coefficient (Wildman–Crippen LogP) is 2.99. The second-order valence-corrected chi connectivity index (χ2v) is 4.34. The van der Waals surface area contributed by atoms with E-state index in [4.69, 9.17) is 0 Å². The van der Waals surface area contributed by atoms with E-state index in [0.717, 1.165) is 11.3 Å². The van der Waals surface area contributed by atoms with E-state index < -0.39 is 12.0 Å². The normalized spacial score (nSPS) is 12.2. The first kappa shape index (κ1) is 13.6. The van der Waals surface area contributed by atoms with Gasteiger partial charge in [0.15, 0.2) is 0 Å². The number of carboxylic acid groups (broad SMARTS) is 1. The maximum Gasteiger partial charge on any atom is 0.326 e. The number of benzene rings is 1. The van der Waals surface area contributed by atoms with E-state index in [-0.39, 0.29) is 0 Å². The van der Waals surface area contributed by atoms with Crippen molar-refractivity contribution in [2.45, 2.75) is 40.2 Å². The quantitative estimate of drug-likeness (QED) is 0.853. The van der Waals surface area contributed by atoms with Gasteiger partial charge in [-0.25, -0.2) is 4.79 Å². The zero-order valence-corrected chi connectivity index (χ0v) is 11.0. The van der Waals surface area contributed by atoms with E-state index in [9.17, 15) is 9.90 Å². The molecule has 1 rings (SSSR count). The van der Waals surface area contributed by atoms with Gasteiger partial charge in [0.05, 0.1) is 0 Å². The van der Waals surface area contributed by atoms with E-state index in [1.807, 2.05) is 44.7 Å². The first-order chi connectivity index (χ1) is 8.01. The molecular weight excluding hydrogens is 214 g/mol. The molecule has 1 aromatic carbocycles. The van der Waals surface area contributed by atoms with Crippen molar-refractivity contribution in [2.75, 3.05) is 11.4 Å². The summed E-state index contributed by atoms with van der Waals surface area (Å²) in [6.45, 7) is 8.67. The highest BCUT2D eigenvalue weighted by Gasteiger charge is 2.23. The summed E-state index contributed by atoms with van der Waals surface area (Å²) in [6, 6.07) is 5.69. The number of hydrogen-bond acceptors (Lipinski definition) is 2. The third-order valence-corrected chi connectivity index (χ3v) is 3.05. The zero-order valence-electron chi connectivity index (χ0n) is 11.0. The van der Waals surface area contributed by atoms with E-state index in [1.165, 1.54) is 5.56 Å². The minimum atomic E-state index is -0.755. The summed E-state index contributed by atoms with van der Waals surface area (Å²) in [5.41, 5.74) is 3.35. The summed E-state index contributed by atoms with van der Waals surface area (Å²) in [5, 5.41) is 9.24. The fourth-order valence-electron chi connectivity index (χ4n) is 2.21. The summed E-state index contributed by atoms with van der Waals surface area (Å²) in [6.07, 6.45) is 0.608. The molecule has 0 radical (unpaired) electrons. The molecule has 1 N–H and O–H groups in total. The molecule has 0 aromatic heterocycles. The maximum atomic E-state index is 11.2. The van der Waals surface area contributed by atoms with Crippen LogP contribution < -0.4 is 4.90 Å². The molecule has 0 amide bonds. The average molecular weight is 235 g/mol. The standard InChI is InChI=1S/C14H21NO2/c1-5-12(14(16)17)15(6-2)13-8-7-10(3)9-11(13)4/h7-9,12H,5-6H2,1-4H3,(H,16,17)/t12-/m0/s1. The number of anilines is 1. The molecule has 17 heavy (non-hydrogen) atoms. The van der Waals surface area contributed by atoms with Gasteiger partial charge >= 0.3 is 5.97 Å². The Morgan fingerprint density at radius 3 is 2.41 bits per heavy atom. The molecule has 3 heteroatoms. The van der Waals surface area contributed by atoms with Crippen LogP contribution in [0.15, 0.2) is 18.2 Å². The van der Waals surface area contributed by atoms with Gasteiger partial charge in [0.1, 0.15) is 6.04 Å². The summed E-state index contributed by atoms with van der Waals surface area (Å²) in [7, 11) is 0. The maximum absolute atomic E-state index is 11.2. The molecule has 0 aliphatic rings. The van der Waals surface area contributed by atoms with Gasteiger partial charge in [-0.3, -0.25) is 0 Å². The molecule has 3 nitrogen and oxygen atoms in total. The molecule has 0 fully saturated rings. The Bertz CT molecular complexity index is 401. The summed E-state index contributed by atoms with van der Waals surface area (Å²) in [5.74, 6) is -0.755. The largest absolute Gasteiger partial charge is 0.480 e. The zero-order chi connectivity index (χ0) is 13.0. The Kier molecular flexibility index (Phi) is 4.55. The number of hydrogen-bond donors (Lipinski definition) is 1. The number of nitrogens with zero attached hydrogens (tertiary/aromatic N) is 1.